The molecule has 3 heterocycles. The van der Waals surface area contributed by atoms with Crippen LogP contribution in [0.25, 0.3) is 10.9 Å². The molecule has 1 atom stereocenters. The third-order valence-electron chi connectivity index (χ3n) is 2.94. The number of aromatic nitrogens is 3. The molecule has 1 fully saturated rings. The number of ether oxygens (including phenoxy) is 1. The Hall–Kier alpha value is -0.400. The number of hydrogen-bond acceptors (Lipinski definition) is 3. The molecule has 0 radical (unpaired) electrons. The van der Waals surface area contributed by atoms with Gasteiger partial charge in [-0.15, -0.1) is 0 Å². The number of halogens is 2. The van der Waals surface area contributed by atoms with Gasteiger partial charge < -0.3 is 4.74 Å². The predicted octanol–water partition coefficient (Wildman–Crippen LogP) is 3.39. The highest BCUT2D eigenvalue weighted by Crippen LogP contribution is 2.29. The molecule has 0 amide bonds. The normalized spacial score (nSPS) is 20.9. The zero-order valence-corrected chi connectivity index (χ0v) is 12.0. The first-order chi connectivity index (χ1) is 8.25. The Bertz CT molecular complexity index is 551. The van der Waals surface area contributed by atoms with E-state index in [-0.39, 0.29) is 6.23 Å². The van der Waals surface area contributed by atoms with Crippen molar-refractivity contribution in [2.24, 2.45) is 0 Å². The van der Waals surface area contributed by atoms with Gasteiger partial charge in [0.05, 0.1) is 10.9 Å². The fourth-order valence-corrected chi connectivity index (χ4v) is 2.91. The maximum atomic E-state index is 5.94. The lowest BCUT2D eigenvalue weighted by Gasteiger charge is -2.23. The van der Waals surface area contributed by atoms with Crippen LogP contribution in [-0.4, -0.2) is 21.4 Å². The zero-order chi connectivity index (χ0) is 11.8. The van der Waals surface area contributed by atoms with Crippen LogP contribution in [0.3, 0.4) is 0 Å². The van der Waals surface area contributed by atoms with Gasteiger partial charge in [-0.05, 0) is 41.9 Å². The van der Waals surface area contributed by atoms with E-state index in [2.05, 4.69) is 32.7 Å². The summed E-state index contributed by atoms with van der Waals surface area (Å²) < 4.78 is 8.63. The number of pyridine rings is 1. The topological polar surface area (TPSA) is 39.9 Å². The van der Waals surface area contributed by atoms with Crippen molar-refractivity contribution in [3.8, 4) is 0 Å². The highest BCUT2D eigenvalue weighted by atomic mass is 127. The van der Waals surface area contributed by atoms with Gasteiger partial charge in [-0.1, -0.05) is 11.6 Å². The minimum Gasteiger partial charge on any atom is -0.356 e. The molecule has 0 N–H and O–H groups in total. The van der Waals surface area contributed by atoms with Gasteiger partial charge in [0.15, 0.2) is 6.23 Å². The largest absolute Gasteiger partial charge is 0.356 e. The molecule has 1 aliphatic heterocycles. The fraction of sp³-hybridized carbons (Fsp3) is 0.455. The monoisotopic (exact) mass is 363 g/mol. The van der Waals surface area contributed by atoms with Crippen LogP contribution in [0.5, 0.6) is 0 Å². The highest BCUT2D eigenvalue weighted by Gasteiger charge is 2.20. The van der Waals surface area contributed by atoms with Crippen molar-refractivity contribution in [3.05, 3.63) is 21.1 Å². The highest BCUT2D eigenvalue weighted by molar-refractivity contribution is 14.1. The summed E-state index contributed by atoms with van der Waals surface area (Å²) in [6, 6.07) is 1.85. The second-order valence-corrected chi connectivity index (χ2v) is 5.49. The lowest BCUT2D eigenvalue weighted by atomic mass is 10.2. The van der Waals surface area contributed by atoms with Gasteiger partial charge in [-0.3, -0.25) is 0 Å². The van der Waals surface area contributed by atoms with Crippen LogP contribution in [0.1, 0.15) is 25.5 Å². The summed E-state index contributed by atoms with van der Waals surface area (Å²) in [5, 5.41) is 6.06. The molecule has 17 heavy (non-hydrogen) atoms. The van der Waals surface area contributed by atoms with E-state index in [1.165, 1.54) is 6.42 Å². The Balaban J connectivity index is 2.11. The average molecular weight is 364 g/mol. The van der Waals surface area contributed by atoms with Crippen molar-refractivity contribution >= 4 is 45.1 Å². The Kier molecular flexibility index (Phi) is 3.23. The molecule has 1 aliphatic rings. The second-order valence-electron chi connectivity index (χ2n) is 4.08. The van der Waals surface area contributed by atoms with E-state index in [1.807, 2.05) is 10.7 Å². The van der Waals surface area contributed by atoms with Crippen LogP contribution < -0.4 is 0 Å². The Morgan fingerprint density at radius 2 is 2.35 bits per heavy atom. The van der Waals surface area contributed by atoms with E-state index in [0.29, 0.717) is 5.15 Å². The van der Waals surface area contributed by atoms with E-state index in [4.69, 9.17) is 16.3 Å². The lowest BCUT2D eigenvalue weighted by Crippen LogP contribution is -2.19. The minimum absolute atomic E-state index is 0.0354. The summed E-state index contributed by atoms with van der Waals surface area (Å²) in [4.78, 5) is 4.09. The smallest absolute Gasteiger partial charge is 0.150 e. The van der Waals surface area contributed by atoms with E-state index < -0.39 is 0 Å². The van der Waals surface area contributed by atoms with Gasteiger partial charge in [0, 0.05) is 18.9 Å². The van der Waals surface area contributed by atoms with E-state index in [0.717, 1.165) is 34.1 Å². The first-order valence-corrected chi connectivity index (χ1v) is 7.02. The summed E-state index contributed by atoms with van der Waals surface area (Å²) in [6.45, 7) is 0.807. The first-order valence-electron chi connectivity index (χ1n) is 5.56. The standard InChI is InChI=1S/C11H11ClIN3O/c12-9-5-8-7(6-14-9)11(13)15-16(8)10-3-1-2-4-17-10/h5-6,10H,1-4H2. The molecule has 0 spiro atoms. The summed E-state index contributed by atoms with van der Waals surface area (Å²) in [5.41, 5.74) is 1.00. The summed E-state index contributed by atoms with van der Waals surface area (Å²) >= 11 is 8.16. The Labute approximate surface area is 117 Å². The molecule has 3 rings (SSSR count). The molecular formula is C11H11ClIN3O. The van der Waals surface area contributed by atoms with E-state index in [9.17, 15) is 0 Å². The molecule has 0 aliphatic carbocycles. The number of fused-ring (bicyclic) bond motifs is 1. The van der Waals surface area contributed by atoms with Crippen LogP contribution in [0.4, 0.5) is 0 Å². The maximum absolute atomic E-state index is 5.94. The quantitative estimate of drug-likeness (QED) is 0.576. The lowest BCUT2D eigenvalue weighted by molar-refractivity contribution is -0.0368. The van der Waals surface area contributed by atoms with Gasteiger partial charge >= 0.3 is 0 Å². The van der Waals surface area contributed by atoms with Gasteiger partial charge in [0.1, 0.15) is 8.85 Å². The second kappa shape index (κ2) is 4.70. The summed E-state index contributed by atoms with van der Waals surface area (Å²) in [5.74, 6) is 0. The van der Waals surface area contributed by atoms with Gasteiger partial charge in [-0.2, -0.15) is 5.10 Å². The van der Waals surface area contributed by atoms with Crippen molar-refractivity contribution in [1.82, 2.24) is 14.8 Å². The number of rotatable bonds is 1. The Morgan fingerprint density at radius 1 is 1.47 bits per heavy atom. The van der Waals surface area contributed by atoms with Gasteiger partial charge in [0.2, 0.25) is 0 Å². The van der Waals surface area contributed by atoms with Crippen LogP contribution in [0, 0.1) is 3.70 Å². The van der Waals surface area contributed by atoms with Crippen LogP contribution >= 0.6 is 34.2 Å². The van der Waals surface area contributed by atoms with Crippen molar-refractivity contribution in [3.63, 3.8) is 0 Å². The molecular weight excluding hydrogens is 352 g/mol. The molecule has 2 aromatic rings. The van der Waals surface area contributed by atoms with Gasteiger partial charge in [-0.25, -0.2) is 9.67 Å². The molecule has 4 nitrogen and oxygen atoms in total. The van der Waals surface area contributed by atoms with E-state index >= 15 is 0 Å². The van der Waals surface area contributed by atoms with Crippen LogP contribution in [-0.2, 0) is 4.74 Å². The van der Waals surface area contributed by atoms with Gasteiger partial charge in [0.25, 0.3) is 0 Å². The molecule has 6 heteroatoms. The van der Waals surface area contributed by atoms with Crippen molar-refractivity contribution in [2.45, 2.75) is 25.5 Å². The van der Waals surface area contributed by atoms with Crippen molar-refractivity contribution in [2.75, 3.05) is 6.61 Å². The average Bonchev–Trinajstić information content (AvgIpc) is 2.67. The van der Waals surface area contributed by atoms with Crippen molar-refractivity contribution < 1.29 is 4.74 Å². The SMILES string of the molecule is Clc1cc2c(cn1)c(I)nn2C1CCCCO1. The summed E-state index contributed by atoms with van der Waals surface area (Å²) in [6.07, 6.45) is 5.13. The summed E-state index contributed by atoms with van der Waals surface area (Å²) in [7, 11) is 0. The third kappa shape index (κ3) is 2.15. The van der Waals surface area contributed by atoms with Crippen LogP contribution in [0.2, 0.25) is 5.15 Å². The van der Waals surface area contributed by atoms with E-state index in [1.54, 1.807) is 6.20 Å². The first kappa shape index (κ1) is 11.7. The third-order valence-corrected chi connectivity index (χ3v) is 3.95. The molecule has 1 unspecified atom stereocenters. The maximum Gasteiger partial charge on any atom is 0.150 e. The fourth-order valence-electron chi connectivity index (χ4n) is 2.11. The molecule has 0 bridgehead atoms. The molecule has 1 saturated heterocycles. The Morgan fingerprint density at radius 3 is 3.12 bits per heavy atom. The predicted molar refractivity (Wildman–Crippen MR) is 74.1 cm³/mol. The molecule has 0 aromatic carbocycles. The molecule has 90 valence electrons. The number of nitrogens with zero attached hydrogens (tertiary/aromatic N) is 3. The molecule has 2 aromatic heterocycles. The van der Waals surface area contributed by atoms with Crippen LogP contribution in [0.15, 0.2) is 12.3 Å². The molecule has 0 saturated carbocycles. The number of hydrogen-bond donors (Lipinski definition) is 0. The minimum atomic E-state index is 0.0354. The zero-order valence-electron chi connectivity index (χ0n) is 9.07. The van der Waals surface area contributed by atoms with Crippen molar-refractivity contribution in [1.29, 1.82) is 0 Å².